The zero-order chi connectivity index (χ0) is 11.8. The first-order valence-corrected chi connectivity index (χ1v) is 7.36. The molecule has 0 saturated heterocycles. The van der Waals surface area contributed by atoms with Crippen molar-refractivity contribution in [3.05, 3.63) is 33.4 Å². The van der Waals surface area contributed by atoms with E-state index in [0.717, 1.165) is 17.4 Å². The summed E-state index contributed by atoms with van der Waals surface area (Å²) in [5.74, 6) is 1.72. The molecule has 17 heavy (non-hydrogen) atoms. The van der Waals surface area contributed by atoms with Crippen LogP contribution in [0.4, 0.5) is 0 Å². The standard InChI is InChI=1S/C14H16INO/c15-12-5-3-10(4-6-12)14(17)16-13-8-9-1-2-11(13)7-9/h3-6,9,11,13H,1-2,7-8H2,(H,16,17)/t9-,11+,13+/m0/s1. The highest BCUT2D eigenvalue weighted by molar-refractivity contribution is 14.1. The number of carbonyl (C=O) groups is 1. The van der Waals surface area contributed by atoms with Crippen LogP contribution in [0, 0.1) is 15.4 Å². The van der Waals surface area contributed by atoms with Crippen LogP contribution in [0.3, 0.4) is 0 Å². The molecule has 2 aliphatic rings. The predicted octanol–water partition coefficient (Wildman–Crippen LogP) is 3.21. The Hall–Kier alpha value is -0.580. The molecular formula is C14H16INO. The molecule has 0 spiro atoms. The van der Waals surface area contributed by atoms with Crippen LogP contribution in [0.15, 0.2) is 24.3 Å². The average molecular weight is 341 g/mol. The lowest BCUT2D eigenvalue weighted by molar-refractivity contribution is 0.0923. The molecule has 1 N–H and O–H groups in total. The van der Waals surface area contributed by atoms with Gasteiger partial charge in [-0.15, -0.1) is 0 Å². The van der Waals surface area contributed by atoms with Gasteiger partial charge in [0.2, 0.25) is 0 Å². The van der Waals surface area contributed by atoms with Crippen molar-refractivity contribution in [3.63, 3.8) is 0 Å². The van der Waals surface area contributed by atoms with Crippen molar-refractivity contribution in [2.75, 3.05) is 0 Å². The van der Waals surface area contributed by atoms with Crippen LogP contribution in [0.5, 0.6) is 0 Å². The van der Waals surface area contributed by atoms with E-state index in [1.165, 1.54) is 29.3 Å². The van der Waals surface area contributed by atoms with Gasteiger partial charge in [-0.2, -0.15) is 0 Å². The van der Waals surface area contributed by atoms with Crippen LogP contribution in [-0.4, -0.2) is 11.9 Å². The minimum Gasteiger partial charge on any atom is -0.349 e. The highest BCUT2D eigenvalue weighted by Gasteiger charge is 2.40. The van der Waals surface area contributed by atoms with Crippen molar-refractivity contribution in [3.8, 4) is 0 Å². The smallest absolute Gasteiger partial charge is 0.251 e. The minimum atomic E-state index is 0.0963. The third kappa shape index (κ3) is 2.34. The first-order chi connectivity index (χ1) is 8.22. The van der Waals surface area contributed by atoms with Gasteiger partial charge in [-0.25, -0.2) is 0 Å². The summed E-state index contributed by atoms with van der Waals surface area (Å²) in [5, 5.41) is 3.20. The Balaban J connectivity index is 1.65. The molecule has 2 fully saturated rings. The van der Waals surface area contributed by atoms with E-state index in [-0.39, 0.29) is 5.91 Å². The van der Waals surface area contributed by atoms with Gasteiger partial charge < -0.3 is 5.32 Å². The van der Waals surface area contributed by atoms with E-state index >= 15 is 0 Å². The fourth-order valence-corrected chi connectivity index (χ4v) is 3.63. The molecular weight excluding hydrogens is 325 g/mol. The van der Waals surface area contributed by atoms with Crippen molar-refractivity contribution in [2.45, 2.75) is 31.7 Å². The van der Waals surface area contributed by atoms with E-state index in [0.29, 0.717) is 6.04 Å². The summed E-state index contributed by atoms with van der Waals surface area (Å²) in [4.78, 5) is 12.1. The number of benzene rings is 1. The predicted molar refractivity (Wildman–Crippen MR) is 75.9 cm³/mol. The molecule has 90 valence electrons. The summed E-state index contributed by atoms with van der Waals surface area (Å²) < 4.78 is 1.17. The maximum Gasteiger partial charge on any atom is 0.251 e. The molecule has 0 heterocycles. The molecule has 0 radical (unpaired) electrons. The van der Waals surface area contributed by atoms with Crippen molar-refractivity contribution >= 4 is 28.5 Å². The molecule has 0 aliphatic heterocycles. The van der Waals surface area contributed by atoms with Crippen molar-refractivity contribution < 1.29 is 4.79 Å². The van der Waals surface area contributed by atoms with Gasteiger partial charge in [0.25, 0.3) is 5.91 Å². The summed E-state index contributed by atoms with van der Waals surface area (Å²) in [5.41, 5.74) is 0.785. The summed E-state index contributed by atoms with van der Waals surface area (Å²) in [7, 11) is 0. The zero-order valence-corrected chi connectivity index (χ0v) is 11.8. The Kier molecular flexibility index (Phi) is 3.11. The molecule has 3 atom stereocenters. The SMILES string of the molecule is O=C(N[C@@H]1C[C@H]2CC[C@@H]1C2)c1ccc(I)cc1. The molecule has 1 amide bonds. The first-order valence-electron chi connectivity index (χ1n) is 6.29. The lowest BCUT2D eigenvalue weighted by Gasteiger charge is -2.22. The Morgan fingerprint density at radius 3 is 2.53 bits per heavy atom. The van der Waals surface area contributed by atoms with Gasteiger partial charge in [-0.1, -0.05) is 6.42 Å². The topological polar surface area (TPSA) is 29.1 Å². The van der Waals surface area contributed by atoms with E-state index in [2.05, 4.69) is 27.9 Å². The summed E-state index contributed by atoms with van der Waals surface area (Å²) in [6.45, 7) is 0. The lowest BCUT2D eigenvalue weighted by Crippen LogP contribution is -2.38. The van der Waals surface area contributed by atoms with Gasteiger partial charge in [0.1, 0.15) is 0 Å². The number of hydrogen-bond donors (Lipinski definition) is 1. The zero-order valence-electron chi connectivity index (χ0n) is 9.66. The molecule has 0 unspecified atom stereocenters. The third-order valence-corrected chi connectivity index (χ3v) is 4.88. The van der Waals surface area contributed by atoms with E-state index in [1.807, 2.05) is 24.3 Å². The Morgan fingerprint density at radius 2 is 1.94 bits per heavy atom. The normalized spacial score (nSPS) is 30.5. The van der Waals surface area contributed by atoms with Crippen LogP contribution < -0.4 is 5.32 Å². The quantitative estimate of drug-likeness (QED) is 0.823. The monoisotopic (exact) mass is 341 g/mol. The lowest BCUT2D eigenvalue weighted by atomic mass is 9.95. The molecule has 2 bridgehead atoms. The van der Waals surface area contributed by atoms with E-state index in [9.17, 15) is 4.79 Å². The van der Waals surface area contributed by atoms with E-state index in [4.69, 9.17) is 0 Å². The number of amides is 1. The van der Waals surface area contributed by atoms with Gasteiger partial charge in [-0.05, 0) is 78.0 Å². The van der Waals surface area contributed by atoms with Gasteiger partial charge in [0.05, 0.1) is 0 Å². The van der Waals surface area contributed by atoms with Crippen molar-refractivity contribution in [1.82, 2.24) is 5.32 Å². The van der Waals surface area contributed by atoms with Crippen molar-refractivity contribution in [2.24, 2.45) is 11.8 Å². The number of halogens is 1. The van der Waals surface area contributed by atoms with Crippen LogP contribution in [0.25, 0.3) is 0 Å². The second kappa shape index (κ2) is 4.59. The summed E-state index contributed by atoms with van der Waals surface area (Å²) >= 11 is 2.25. The van der Waals surface area contributed by atoms with E-state index < -0.39 is 0 Å². The molecule has 3 heteroatoms. The average Bonchev–Trinajstić information content (AvgIpc) is 2.91. The van der Waals surface area contributed by atoms with Crippen LogP contribution in [-0.2, 0) is 0 Å². The highest BCUT2D eigenvalue weighted by Crippen LogP contribution is 2.44. The third-order valence-electron chi connectivity index (χ3n) is 4.16. The molecule has 0 aromatic heterocycles. The first kappa shape index (κ1) is 11.5. The number of carbonyl (C=O) groups excluding carboxylic acids is 1. The maximum atomic E-state index is 12.1. The van der Waals surface area contributed by atoms with Gasteiger partial charge >= 0.3 is 0 Å². The summed E-state index contributed by atoms with van der Waals surface area (Å²) in [6, 6.07) is 8.21. The second-order valence-corrected chi connectivity index (χ2v) is 6.51. The summed E-state index contributed by atoms with van der Waals surface area (Å²) in [6.07, 6.45) is 5.21. The number of nitrogens with one attached hydrogen (secondary N) is 1. The van der Waals surface area contributed by atoms with Gasteiger partial charge in [0.15, 0.2) is 0 Å². The highest BCUT2D eigenvalue weighted by atomic mass is 127. The largest absolute Gasteiger partial charge is 0.349 e. The second-order valence-electron chi connectivity index (χ2n) is 5.26. The minimum absolute atomic E-state index is 0.0963. The Morgan fingerprint density at radius 1 is 1.18 bits per heavy atom. The van der Waals surface area contributed by atoms with Gasteiger partial charge in [0, 0.05) is 15.2 Å². The molecule has 3 rings (SSSR count). The van der Waals surface area contributed by atoms with Crippen molar-refractivity contribution in [1.29, 1.82) is 0 Å². The number of fused-ring (bicyclic) bond motifs is 2. The van der Waals surface area contributed by atoms with Gasteiger partial charge in [-0.3, -0.25) is 4.79 Å². The molecule has 2 nitrogen and oxygen atoms in total. The van der Waals surface area contributed by atoms with Crippen LogP contribution in [0.2, 0.25) is 0 Å². The number of hydrogen-bond acceptors (Lipinski definition) is 1. The fourth-order valence-electron chi connectivity index (χ4n) is 3.27. The molecule has 1 aromatic rings. The Bertz CT molecular complexity index is 428. The molecule has 2 aliphatic carbocycles. The maximum absolute atomic E-state index is 12.1. The fraction of sp³-hybridized carbons (Fsp3) is 0.500. The van der Waals surface area contributed by atoms with E-state index in [1.54, 1.807) is 0 Å². The Labute approximate surface area is 115 Å². The molecule has 1 aromatic carbocycles. The van der Waals surface area contributed by atoms with Crippen LogP contribution >= 0.6 is 22.6 Å². The van der Waals surface area contributed by atoms with Crippen LogP contribution in [0.1, 0.15) is 36.0 Å². The molecule has 2 saturated carbocycles. The number of rotatable bonds is 2.